The second-order valence-corrected chi connectivity index (χ2v) is 5.72. The van der Waals surface area contributed by atoms with Crippen molar-refractivity contribution < 1.29 is 4.92 Å². The van der Waals surface area contributed by atoms with Crippen LogP contribution in [0.5, 0.6) is 0 Å². The van der Waals surface area contributed by atoms with Gasteiger partial charge in [0.1, 0.15) is 5.01 Å². The Morgan fingerprint density at radius 3 is 2.74 bits per heavy atom. The van der Waals surface area contributed by atoms with Gasteiger partial charge in [-0.15, -0.1) is 11.3 Å². The highest BCUT2D eigenvalue weighted by molar-refractivity contribution is 7.11. The molecule has 1 heterocycles. The van der Waals surface area contributed by atoms with Crippen molar-refractivity contribution in [2.24, 2.45) is 0 Å². The molecular formula is C12H12ClN3O2S. The minimum Gasteiger partial charge on any atom is -0.377 e. The molecule has 0 radical (unpaired) electrons. The Labute approximate surface area is 119 Å². The molecule has 0 unspecified atom stereocenters. The molecule has 100 valence electrons. The molecule has 19 heavy (non-hydrogen) atoms. The van der Waals surface area contributed by atoms with E-state index in [1.807, 2.05) is 13.8 Å². The van der Waals surface area contributed by atoms with Crippen molar-refractivity contribution >= 4 is 34.3 Å². The van der Waals surface area contributed by atoms with E-state index >= 15 is 0 Å². The summed E-state index contributed by atoms with van der Waals surface area (Å²) in [6.45, 7) is 4.54. The van der Waals surface area contributed by atoms with Gasteiger partial charge < -0.3 is 5.32 Å². The normalized spacial score (nSPS) is 10.5. The fourth-order valence-electron chi connectivity index (χ4n) is 1.55. The largest absolute Gasteiger partial charge is 0.377 e. The third-order valence-corrected chi connectivity index (χ3v) is 4.05. The summed E-state index contributed by atoms with van der Waals surface area (Å²) in [4.78, 5) is 15.7. The van der Waals surface area contributed by atoms with E-state index in [0.717, 1.165) is 10.7 Å². The molecule has 1 aromatic heterocycles. The zero-order valence-corrected chi connectivity index (χ0v) is 12.0. The maximum absolute atomic E-state index is 10.6. The van der Waals surface area contributed by atoms with Crippen LogP contribution in [0.2, 0.25) is 5.02 Å². The van der Waals surface area contributed by atoms with Gasteiger partial charge in [0.05, 0.1) is 27.9 Å². The Morgan fingerprint density at radius 2 is 2.21 bits per heavy atom. The van der Waals surface area contributed by atoms with Gasteiger partial charge in [-0.3, -0.25) is 10.1 Å². The summed E-state index contributed by atoms with van der Waals surface area (Å²) in [6.07, 6.45) is 0. The Kier molecular flexibility index (Phi) is 4.01. The summed E-state index contributed by atoms with van der Waals surface area (Å²) in [6, 6.07) is 4.36. The summed E-state index contributed by atoms with van der Waals surface area (Å²) >= 11 is 7.61. The summed E-state index contributed by atoms with van der Waals surface area (Å²) < 4.78 is 0. The number of nitro groups is 1. The van der Waals surface area contributed by atoms with Gasteiger partial charge >= 0.3 is 0 Å². The third-order valence-electron chi connectivity index (χ3n) is 2.67. The van der Waals surface area contributed by atoms with Crippen molar-refractivity contribution in [2.45, 2.75) is 20.4 Å². The van der Waals surface area contributed by atoms with Gasteiger partial charge in [0.2, 0.25) is 0 Å². The number of nitrogens with one attached hydrogen (secondary N) is 1. The number of aromatic nitrogens is 1. The number of halogens is 1. The average molecular weight is 298 g/mol. The zero-order chi connectivity index (χ0) is 14.0. The van der Waals surface area contributed by atoms with Crippen LogP contribution in [-0.2, 0) is 6.54 Å². The molecule has 5 nitrogen and oxygen atoms in total. The van der Waals surface area contributed by atoms with E-state index in [9.17, 15) is 10.1 Å². The monoisotopic (exact) mass is 297 g/mol. The molecule has 1 aromatic carbocycles. The molecule has 0 aliphatic rings. The van der Waals surface area contributed by atoms with Crippen LogP contribution in [0.4, 0.5) is 11.4 Å². The van der Waals surface area contributed by atoms with E-state index in [1.54, 1.807) is 17.4 Å². The predicted molar refractivity (Wildman–Crippen MR) is 77.0 cm³/mol. The fourth-order valence-corrected chi connectivity index (χ4v) is 2.66. The van der Waals surface area contributed by atoms with Gasteiger partial charge in [0.25, 0.3) is 5.69 Å². The summed E-state index contributed by atoms with van der Waals surface area (Å²) in [7, 11) is 0. The van der Waals surface area contributed by atoms with Crippen molar-refractivity contribution in [1.82, 2.24) is 4.98 Å². The van der Waals surface area contributed by atoms with Gasteiger partial charge in [0.15, 0.2) is 0 Å². The van der Waals surface area contributed by atoms with Crippen LogP contribution in [0.1, 0.15) is 15.6 Å². The van der Waals surface area contributed by atoms with Crippen LogP contribution < -0.4 is 5.32 Å². The number of rotatable bonds is 4. The number of anilines is 1. The zero-order valence-electron chi connectivity index (χ0n) is 10.4. The van der Waals surface area contributed by atoms with E-state index in [1.165, 1.54) is 17.0 Å². The molecule has 0 saturated heterocycles. The lowest BCUT2D eigenvalue weighted by molar-refractivity contribution is -0.384. The first-order valence-electron chi connectivity index (χ1n) is 5.58. The number of benzene rings is 1. The highest BCUT2D eigenvalue weighted by Gasteiger charge is 2.10. The van der Waals surface area contributed by atoms with Crippen molar-refractivity contribution in [3.05, 3.63) is 48.9 Å². The molecule has 0 atom stereocenters. The first-order valence-corrected chi connectivity index (χ1v) is 6.77. The molecule has 0 aliphatic carbocycles. The highest BCUT2D eigenvalue weighted by Crippen LogP contribution is 2.27. The Hall–Kier alpha value is -1.66. The van der Waals surface area contributed by atoms with E-state index in [2.05, 4.69) is 10.3 Å². The van der Waals surface area contributed by atoms with Crippen molar-refractivity contribution in [2.75, 3.05) is 5.32 Å². The molecule has 0 aliphatic heterocycles. The topological polar surface area (TPSA) is 68.1 Å². The smallest absolute Gasteiger partial charge is 0.271 e. The van der Waals surface area contributed by atoms with Crippen molar-refractivity contribution in [1.29, 1.82) is 0 Å². The van der Waals surface area contributed by atoms with Crippen molar-refractivity contribution in [3.8, 4) is 0 Å². The first kappa shape index (κ1) is 13.8. The first-order chi connectivity index (χ1) is 8.97. The molecule has 2 rings (SSSR count). The highest BCUT2D eigenvalue weighted by atomic mass is 35.5. The Morgan fingerprint density at radius 1 is 1.47 bits per heavy atom. The minimum atomic E-state index is -0.469. The second kappa shape index (κ2) is 5.54. The lowest BCUT2D eigenvalue weighted by atomic mass is 10.3. The van der Waals surface area contributed by atoms with Gasteiger partial charge in [-0.2, -0.15) is 0 Å². The molecule has 2 aromatic rings. The lowest BCUT2D eigenvalue weighted by Crippen LogP contribution is -2.00. The maximum Gasteiger partial charge on any atom is 0.271 e. The third kappa shape index (κ3) is 3.21. The molecule has 0 spiro atoms. The van der Waals surface area contributed by atoms with Crippen LogP contribution in [0.3, 0.4) is 0 Å². The van der Waals surface area contributed by atoms with Gasteiger partial charge in [-0.05, 0) is 19.9 Å². The minimum absolute atomic E-state index is 0.0171. The van der Waals surface area contributed by atoms with E-state index in [4.69, 9.17) is 11.6 Å². The Bertz CT molecular complexity index is 608. The molecule has 0 saturated carbocycles. The van der Waals surface area contributed by atoms with Crippen LogP contribution in [0, 0.1) is 24.0 Å². The molecule has 0 fully saturated rings. The predicted octanol–water partition coefficient (Wildman–Crippen LogP) is 3.93. The molecular weight excluding hydrogens is 286 g/mol. The number of thiazole rings is 1. The number of hydrogen-bond acceptors (Lipinski definition) is 5. The number of nitro benzene ring substituents is 1. The SMILES string of the molecule is Cc1nc(CNc2ccc([N+](=O)[O-])cc2Cl)sc1C. The molecule has 7 heteroatoms. The second-order valence-electron chi connectivity index (χ2n) is 4.02. The average Bonchev–Trinajstić information content (AvgIpc) is 2.67. The number of non-ortho nitro benzene ring substituents is 1. The van der Waals surface area contributed by atoms with Gasteiger partial charge in [0, 0.05) is 17.0 Å². The van der Waals surface area contributed by atoms with Crippen LogP contribution >= 0.6 is 22.9 Å². The maximum atomic E-state index is 10.6. The number of nitrogens with zero attached hydrogens (tertiary/aromatic N) is 2. The molecule has 0 amide bonds. The van der Waals surface area contributed by atoms with Crippen LogP contribution in [-0.4, -0.2) is 9.91 Å². The summed E-state index contributed by atoms with van der Waals surface area (Å²) in [5.41, 5.74) is 1.67. The van der Waals surface area contributed by atoms with Crippen molar-refractivity contribution in [3.63, 3.8) is 0 Å². The van der Waals surface area contributed by atoms with Gasteiger partial charge in [-0.1, -0.05) is 11.6 Å². The van der Waals surface area contributed by atoms with Crippen LogP contribution in [0.15, 0.2) is 18.2 Å². The van der Waals surface area contributed by atoms with E-state index < -0.39 is 4.92 Å². The fraction of sp³-hybridized carbons (Fsp3) is 0.250. The van der Waals surface area contributed by atoms with Crippen LogP contribution in [0.25, 0.3) is 0 Å². The number of aryl methyl sites for hydroxylation is 2. The standard InChI is InChI=1S/C12H12ClN3O2S/c1-7-8(2)19-12(15-7)6-14-11-4-3-9(16(17)18)5-10(11)13/h3-5,14H,6H2,1-2H3. The van der Waals surface area contributed by atoms with E-state index in [0.29, 0.717) is 17.3 Å². The molecule has 0 bridgehead atoms. The Balaban J connectivity index is 2.09. The molecule has 1 N–H and O–H groups in total. The van der Waals surface area contributed by atoms with Gasteiger partial charge in [-0.25, -0.2) is 4.98 Å². The van der Waals surface area contributed by atoms with E-state index in [-0.39, 0.29) is 5.69 Å². The summed E-state index contributed by atoms with van der Waals surface area (Å²) in [5.74, 6) is 0. The lowest BCUT2D eigenvalue weighted by Gasteiger charge is -2.06. The summed E-state index contributed by atoms with van der Waals surface area (Å²) in [5, 5.41) is 15.0. The quantitative estimate of drug-likeness (QED) is 0.685. The number of hydrogen-bond donors (Lipinski definition) is 1.